The Morgan fingerprint density at radius 1 is 1.14 bits per heavy atom. The van der Waals surface area contributed by atoms with Gasteiger partial charge in [-0.2, -0.15) is 0 Å². The van der Waals surface area contributed by atoms with E-state index in [9.17, 15) is 4.79 Å². The Hall–Kier alpha value is -1.23. The number of carbonyl (C=O) groups is 1. The number of benzene rings is 2. The van der Waals surface area contributed by atoms with Crippen molar-refractivity contribution in [3.8, 4) is 11.5 Å². The summed E-state index contributed by atoms with van der Waals surface area (Å²) in [6.07, 6.45) is 0. The number of hydrogen-bond acceptors (Lipinski definition) is 3. The Kier molecular flexibility index (Phi) is 5.51. The Balaban J connectivity index is 2.06. The SMILES string of the molecule is COc1ccc(C(=O)COc2ccc(Cl)cc2Cl)cc1Br. The molecular weight excluding hydrogens is 379 g/mol. The van der Waals surface area contributed by atoms with Gasteiger partial charge in [-0.1, -0.05) is 23.2 Å². The van der Waals surface area contributed by atoms with E-state index < -0.39 is 0 Å². The number of rotatable bonds is 5. The quantitative estimate of drug-likeness (QED) is 0.673. The number of methoxy groups -OCH3 is 1. The third kappa shape index (κ3) is 4.13. The molecule has 0 bridgehead atoms. The summed E-state index contributed by atoms with van der Waals surface area (Å²) in [5.74, 6) is 0.916. The zero-order valence-electron chi connectivity index (χ0n) is 11.0. The lowest BCUT2D eigenvalue weighted by Crippen LogP contribution is -2.11. The van der Waals surface area contributed by atoms with Crippen LogP contribution in [0, 0.1) is 0 Å². The van der Waals surface area contributed by atoms with Gasteiger partial charge in [0.1, 0.15) is 11.5 Å². The van der Waals surface area contributed by atoms with Crippen molar-refractivity contribution < 1.29 is 14.3 Å². The molecule has 0 saturated carbocycles. The van der Waals surface area contributed by atoms with Gasteiger partial charge in [0.15, 0.2) is 12.4 Å². The summed E-state index contributed by atoms with van der Waals surface area (Å²) in [5, 5.41) is 0.879. The smallest absolute Gasteiger partial charge is 0.200 e. The molecule has 3 nitrogen and oxygen atoms in total. The van der Waals surface area contributed by atoms with Crippen LogP contribution in [-0.4, -0.2) is 19.5 Å². The lowest BCUT2D eigenvalue weighted by Gasteiger charge is -2.09. The van der Waals surface area contributed by atoms with Crippen molar-refractivity contribution in [1.82, 2.24) is 0 Å². The van der Waals surface area contributed by atoms with E-state index in [0.29, 0.717) is 31.6 Å². The molecule has 0 amide bonds. The second-order valence-corrected chi connectivity index (χ2v) is 5.83. The van der Waals surface area contributed by atoms with Gasteiger partial charge in [-0.3, -0.25) is 4.79 Å². The lowest BCUT2D eigenvalue weighted by molar-refractivity contribution is 0.0921. The van der Waals surface area contributed by atoms with Gasteiger partial charge < -0.3 is 9.47 Å². The van der Waals surface area contributed by atoms with Gasteiger partial charge in [-0.25, -0.2) is 0 Å². The van der Waals surface area contributed by atoms with Crippen LogP contribution >= 0.6 is 39.1 Å². The zero-order valence-corrected chi connectivity index (χ0v) is 14.1. The van der Waals surface area contributed by atoms with Crippen molar-refractivity contribution in [2.45, 2.75) is 0 Å². The molecule has 0 unspecified atom stereocenters. The van der Waals surface area contributed by atoms with Crippen LogP contribution in [0.15, 0.2) is 40.9 Å². The summed E-state index contributed by atoms with van der Waals surface area (Å²) < 4.78 is 11.2. The largest absolute Gasteiger partial charge is 0.496 e. The maximum Gasteiger partial charge on any atom is 0.200 e. The molecular formula is C15H11BrCl2O3. The maximum atomic E-state index is 12.1. The van der Waals surface area contributed by atoms with Crippen molar-refractivity contribution in [3.05, 3.63) is 56.5 Å². The number of ketones is 1. The van der Waals surface area contributed by atoms with Crippen molar-refractivity contribution >= 4 is 44.9 Å². The highest BCUT2D eigenvalue weighted by atomic mass is 79.9. The second-order valence-electron chi connectivity index (χ2n) is 4.14. The minimum absolute atomic E-state index is 0.111. The first kappa shape index (κ1) is 16.1. The first-order valence-electron chi connectivity index (χ1n) is 5.96. The minimum Gasteiger partial charge on any atom is -0.496 e. The molecule has 2 rings (SSSR count). The fraction of sp³-hybridized carbons (Fsp3) is 0.133. The van der Waals surface area contributed by atoms with Crippen LogP contribution in [0.2, 0.25) is 10.0 Å². The minimum atomic E-state index is -0.163. The molecule has 0 aliphatic rings. The molecule has 2 aromatic rings. The van der Waals surface area contributed by atoms with Crippen molar-refractivity contribution in [2.75, 3.05) is 13.7 Å². The standard InChI is InChI=1S/C15H11BrCl2O3/c1-20-14-4-2-9(6-11(14)16)13(19)8-21-15-5-3-10(17)7-12(15)18/h2-7H,8H2,1H3. The van der Waals surface area contributed by atoms with Crippen molar-refractivity contribution in [3.63, 3.8) is 0 Å². The van der Waals surface area contributed by atoms with Crippen LogP contribution in [-0.2, 0) is 0 Å². The monoisotopic (exact) mass is 388 g/mol. The molecule has 2 aromatic carbocycles. The van der Waals surface area contributed by atoms with E-state index in [4.69, 9.17) is 32.7 Å². The molecule has 0 spiro atoms. The van der Waals surface area contributed by atoms with E-state index in [1.54, 1.807) is 43.5 Å². The molecule has 0 fully saturated rings. The average Bonchev–Trinajstić information content (AvgIpc) is 2.46. The fourth-order valence-corrected chi connectivity index (χ4v) is 2.66. The number of Topliss-reactive ketones (excluding diaryl/α,β-unsaturated/α-hetero) is 1. The molecule has 110 valence electrons. The molecule has 0 saturated heterocycles. The summed E-state index contributed by atoms with van der Waals surface area (Å²) in [4.78, 5) is 12.1. The number of halogens is 3. The normalized spacial score (nSPS) is 10.3. The van der Waals surface area contributed by atoms with E-state index in [2.05, 4.69) is 15.9 Å². The zero-order chi connectivity index (χ0) is 15.4. The van der Waals surface area contributed by atoms with Crippen LogP contribution in [0.25, 0.3) is 0 Å². The molecule has 0 atom stereocenters. The third-order valence-corrected chi connectivity index (χ3v) is 3.88. The summed E-state index contributed by atoms with van der Waals surface area (Å²) in [7, 11) is 1.56. The second kappa shape index (κ2) is 7.16. The van der Waals surface area contributed by atoms with E-state index >= 15 is 0 Å². The van der Waals surface area contributed by atoms with E-state index in [0.717, 1.165) is 0 Å². The van der Waals surface area contributed by atoms with E-state index in [1.807, 2.05) is 0 Å². The van der Waals surface area contributed by atoms with Crippen LogP contribution in [0.5, 0.6) is 11.5 Å². The van der Waals surface area contributed by atoms with Crippen molar-refractivity contribution in [1.29, 1.82) is 0 Å². The van der Waals surface area contributed by atoms with Gasteiger partial charge in [0.25, 0.3) is 0 Å². The van der Waals surface area contributed by atoms with Crippen molar-refractivity contribution in [2.24, 2.45) is 0 Å². The Labute approximate surface area is 140 Å². The van der Waals surface area contributed by atoms with Gasteiger partial charge in [0.2, 0.25) is 0 Å². The Bertz CT molecular complexity index is 674. The molecule has 0 aliphatic heterocycles. The van der Waals surface area contributed by atoms with Gasteiger partial charge in [-0.05, 0) is 52.3 Å². The molecule has 0 N–H and O–H groups in total. The predicted molar refractivity (Wildman–Crippen MR) is 87.0 cm³/mol. The highest BCUT2D eigenvalue weighted by Gasteiger charge is 2.11. The van der Waals surface area contributed by atoms with E-state index in [1.165, 1.54) is 0 Å². The summed E-state index contributed by atoms with van der Waals surface area (Å²) in [5.41, 5.74) is 0.521. The van der Waals surface area contributed by atoms with Crippen LogP contribution in [0.3, 0.4) is 0 Å². The highest BCUT2D eigenvalue weighted by Crippen LogP contribution is 2.28. The summed E-state index contributed by atoms with van der Waals surface area (Å²) in [6, 6.07) is 9.92. The first-order chi connectivity index (χ1) is 10.0. The molecule has 0 heterocycles. The lowest BCUT2D eigenvalue weighted by atomic mass is 10.1. The maximum absolute atomic E-state index is 12.1. The molecule has 0 radical (unpaired) electrons. The number of ether oxygens (including phenoxy) is 2. The molecule has 21 heavy (non-hydrogen) atoms. The van der Waals surface area contributed by atoms with Crippen LogP contribution < -0.4 is 9.47 Å². The topological polar surface area (TPSA) is 35.5 Å². The summed E-state index contributed by atoms with van der Waals surface area (Å²) >= 11 is 15.1. The first-order valence-corrected chi connectivity index (χ1v) is 7.50. The van der Waals surface area contributed by atoms with Gasteiger partial charge >= 0.3 is 0 Å². The van der Waals surface area contributed by atoms with Gasteiger partial charge in [-0.15, -0.1) is 0 Å². The van der Waals surface area contributed by atoms with Gasteiger partial charge in [0.05, 0.1) is 16.6 Å². The molecule has 0 aromatic heterocycles. The van der Waals surface area contributed by atoms with Gasteiger partial charge in [0, 0.05) is 10.6 Å². The number of carbonyl (C=O) groups excluding carboxylic acids is 1. The third-order valence-electron chi connectivity index (χ3n) is 2.73. The molecule has 6 heteroatoms. The fourth-order valence-electron chi connectivity index (χ4n) is 1.66. The van der Waals surface area contributed by atoms with Crippen LogP contribution in [0.4, 0.5) is 0 Å². The van der Waals surface area contributed by atoms with Crippen LogP contribution in [0.1, 0.15) is 10.4 Å². The Morgan fingerprint density at radius 3 is 2.48 bits per heavy atom. The number of hydrogen-bond donors (Lipinski definition) is 0. The molecule has 0 aliphatic carbocycles. The highest BCUT2D eigenvalue weighted by molar-refractivity contribution is 9.10. The predicted octanol–water partition coefficient (Wildman–Crippen LogP) is 5.03. The average molecular weight is 390 g/mol. The summed E-state index contributed by atoms with van der Waals surface area (Å²) in [6.45, 7) is -0.111. The van der Waals surface area contributed by atoms with E-state index in [-0.39, 0.29) is 12.4 Å². The Morgan fingerprint density at radius 2 is 1.86 bits per heavy atom.